The van der Waals surface area contributed by atoms with Crippen molar-refractivity contribution in [1.29, 1.82) is 0 Å². The summed E-state index contributed by atoms with van der Waals surface area (Å²) in [6, 6.07) is 1.16. The summed E-state index contributed by atoms with van der Waals surface area (Å²) in [5.74, 6) is -1.11. The number of carbonyl (C=O) groups excluding carboxylic acids is 1. The zero-order valence-corrected chi connectivity index (χ0v) is 14.7. The fourth-order valence-electron chi connectivity index (χ4n) is 2.87. The summed E-state index contributed by atoms with van der Waals surface area (Å²) in [5.41, 5.74) is 0. The zero-order valence-electron chi connectivity index (χ0n) is 13.1. The molecule has 1 fully saturated rings. The number of carbonyl (C=O) groups is 2. The molecule has 1 amide bonds. The molecule has 3 rings (SSSR count). The summed E-state index contributed by atoms with van der Waals surface area (Å²) in [6.45, 7) is 6.49. The van der Waals surface area contributed by atoms with Crippen molar-refractivity contribution in [2.45, 2.75) is 32.7 Å². The number of hydrogen-bond donors (Lipinski definition) is 1. The maximum absolute atomic E-state index is 12.6. The molecule has 23 heavy (non-hydrogen) atoms. The van der Waals surface area contributed by atoms with Gasteiger partial charge in [-0.15, -0.1) is 11.3 Å². The highest BCUT2D eigenvalue weighted by atomic mass is 32.1. The third kappa shape index (κ3) is 2.92. The molecule has 0 saturated carbocycles. The van der Waals surface area contributed by atoms with Crippen LogP contribution >= 0.6 is 22.7 Å². The van der Waals surface area contributed by atoms with E-state index in [1.54, 1.807) is 11.3 Å². The van der Waals surface area contributed by atoms with Gasteiger partial charge < -0.3 is 14.9 Å². The van der Waals surface area contributed by atoms with Crippen molar-refractivity contribution in [1.82, 2.24) is 9.88 Å². The summed E-state index contributed by atoms with van der Waals surface area (Å²) >= 11 is 2.93. The fourth-order valence-corrected chi connectivity index (χ4v) is 5.16. The molecule has 0 radical (unpaired) electrons. The molecule has 1 saturated heterocycles. The number of aromatic nitrogens is 1. The number of rotatable bonds is 5. The van der Waals surface area contributed by atoms with Crippen molar-refractivity contribution in [3.63, 3.8) is 0 Å². The Hall–Kier alpha value is -1.67. The number of thiazole rings is 1. The SMILES string of the molecule is CCN(CC)c1nc2sc(C(=O)N3CCC[C@H]3C(=O)O)cc2s1. The number of aliphatic carboxylic acids is 1. The second-order valence-corrected chi connectivity index (χ2v) is 7.48. The van der Waals surface area contributed by atoms with Gasteiger partial charge in [0, 0.05) is 19.6 Å². The molecule has 6 nitrogen and oxygen atoms in total. The van der Waals surface area contributed by atoms with Gasteiger partial charge in [-0.1, -0.05) is 11.3 Å². The van der Waals surface area contributed by atoms with Gasteiger partial charge in [-0.2, -0.15) is 0 Å². The van der Waals surface area contributed by atoms with Crippen molar-refractivity contribution in [2.24, 2.45) is 0 Å². The zero-order chi connectivity index (χ0) is 16.6. The van der Waals surface area contributed by atoms with Gasteiger partial charge in [0.2, 0.25) is 0 Å². The predicted octanol–water partition coefficient (Wildman–Crippen LogP) is 2.89. The summed E-state index contributed by atoms with van der Waals surface area (Å²) in [4.78, 5) is 33.6. The maximum atomic E-state index is 12.6. The molecule has 1 aliphatic rings. The van der Waals surface area contributed by atoms with Crippen molar-refractivity contribution in [3.8, 4) is 0 Å². The average Bonchev–Trinajstić information content (AvgIpc) is 3.21. The molecule has 124 valence electrons. The highest BCUT2D eigenvalue weighted by Gasteiger charge is 2.35. The fraction of sp³-hybridized carbons (Fsp3) is 0.533. The number of thiophene rings is 1. The second kappa shape index (κ2) is 6.45. The Morgan fingerprint density at radius 1 is 1.39 bits per heavy atom. The molecule has 1 aliphatic heterocycles. The smallest absolute Gasteiger partial charge is 0.326 e. The standard InChI is InChI=1S/C15H19N3O3S2/c1-3-17(4-2)15-16-12-10(23-15)8-11(22-12)13(19)18-7-5-6-9(18)14(20)21/h8-9H,3-7H2,1-2H3,(H,20,21)/t9-/m0/s1. The van der Waals surface area contributed by atoms with Crippen molar-refractivity contribution >= 4 is 49.2 Å². The number of fused-ring (bicyclic) bond motifs is 1. The van der Waals surface area contributed by atoms with E-state index < -0.39 is 12.0 Å². The van der Waals surface area contributed by atoms with Crippen LogP contribution in [0.3, 0.4) is 0 Å². The normalized spacial score (nSPS) is 17.8. The second-order valence-electron chi connectivity index (χ2n) is 5.44. The molecule has 2 aromatic heterocycles. The number of nitrogens with zero attached hydrogens (tertiary/aromatic N) is 3. The van der Waals surface area contributed by atoms with Gasteiger partial charge in [0.1, 0.15) is 10.9 Å². The van der Waals surface area contributed by atoms with Gasteiger partial charge in [0.15, 0.2) is 5.13 Å². The topological polar surface area (TPSA) is 73.7 Å². The van der Waals surface area contributed by atoms with Crippen molar-refractivity contribution in [3.05, 3.63) is 10.9 Å². The summed E-state index contributed by atoms with van der Waals surface area (Å²) in [6.07, 6.45) is 1.28. The van der Waals surface area contributed by atoms with E-state index >= 15 is 0 Å². The summed E-state index contributed by atoms with van der Waals surface area (Å²) in [7, 11) is 0. The molecule has 0 unspecified atom stereocenters. The Labute approximate surface area is 142 Å². The Morgan fingerprint density at radius 3 is 2.74 bits per heavy atom. The van der Waals surface area contributed by atoms with Crippen molar-refractivity contribution in [2.75, 3.05) is 24.5 Å². The van der Waals surface area contributed by atoms with Crippen LogP contribution in [-0.4, -0.2) is 52.5 Å². The highest BCUT2D eigenvalue weighted by molar-refractivity contribution is 7.29. The van der Waals surface area contributed by atoms with Crippen LogP contribution in [0, 0.1) is 0 Å². The van der Waals surface area contributed by atoms with E-state index in [0.717, 1.165) is 34.2 Å². The van der Waals surface area contributed by atoms with Crippen LogP contribution in [0.25, 0.3) is 9.53 Å². The first-order chi connectivity index (χ1) is 11.0. The summed E-state index contributed by atoms with van der Waals surface area (Å²) in [5, 5.41) is 10.2. The lowest BCUT2D eigenvalue weighted by molar-refractivity contribution is -0.141. The molecule has 8 heteroatoms. The predicted molar refractivity (Wildman–Crippen MR) is 92.8 cm³/mol. The molecule has 0 bridgehead atoms. The van der Waals surface area contributed by atoms with E-state index in [2.05, 4.69) is 23.7 Å². The van der Waals surface area contributed by atoms with Gasteiger partial charge in [-0.05, 0) is 32.8 Å². The number of amides is 1. The van der Waals surface area contributed by atoms with Crippen LogP contribution in [0.5, 0.6) is 0 Å². The van der Waals surface area contributed by atoms with Crippen LogP contribution in [0.1, 0.15) is 36.4 Å². The minimum atomic E-state index is -0.920. The van der Waals surface area contributed by atoms with E-state index in [1.165, 1.54) is 16.2 Å². The van der Waals surface area contributed by atoms with Gasteiger partial charge in [0.05, 0.1) is 9.58 Å². The van der Waals surface area contributed by atoms with E-state index in [4.69, 9.17) is 0 Å². The number of likely N-dealkylation sites (tertiary alicyclic amines) is 1. The molecule has 2 aromatic rings. The number of carboxylic acids is 1. The van der Waals surface area contributed by atoms with Gasteiger partial charge >= 0.3 is 5.97 Å². The van der Waals surface area contributed by atoms with Gasteiger partial charge in [-0.3, -0.25) is 4.79 Å². The third-order valence-electron chi connectivity index (χ3n) is 4.12. The Morgan fingerprint density at radius 2 is 2.13 bits per heavy atom. The first-order valence-electron chi connectivity index (χ1n) is 7.74. The van der Waals surface area contributed by atoms with Crippen LogP contribution < -0.4 is 4.90 Å². The Kier molecular flexibility index (Phi) is 4.54. The van der Waals surface area contributed by atoms with Crippen molar-refractivity contribution < 1.29 is 14.7 Å². The molecule has 1 atom stereocenters. The quantitative estimate of drug-likeness (QED) is 0.895. The minimum Gasteiger partial charge on any atom is -0.480 e. The lowest BCUT2D eigenvalue weighted by Crippen LogP contribution is -2.40. The first-order valence-corrected chi connectivity index (χ1v) is 9.37. The van der Waals surface area contributed by atoms with E-state index in [1.807, 2.05) is 6.07 Å². The molecule has 0 aromatic carbocycles. The third-order valence-corrected chi connectivity index (χ3v) is 6.33. The summed E-state index contributed by atoms with van der Waals surface area (Å²) < 4.78 is 0.992. The lowest BCUT2D eigenvalue weighted by Gasteiger charge is -2.20. The molecule has 3 heterocycles. The number of anilines is 1. The monoisotopic (exact) mass is 353 g/mol. The lowest BCUT2D eigenvalue weighted by atomic mass is 10.2. The Balaban J connectivity index is 1.85. The Bertz CT molecular complexity index is 704. The molecular formula is C15H19N3O3S2. The van der Waals surface area contributed by atoms with Crippen LogP contribution in [0.2, 0.25) is 0 Å². The van der Waals surface area contributed by atoms with Crippen LogP contribution in [0.15, 0.2) is 6.07 Å². The van der Waals surface area contributed by atoms with Crippen LogP contribution in [0.4, 0.5) is 5.13 Å². The molecule has 0 spiro atoms. The number of hydrogen-bond acceptors (Lipinski definition) is 6. The maximum Gasteiger partial charge on any atom is 0.326 e. The van der Waals surface area contributed by atoms with Crippen LogP contribution in [-0.2, 0) is 4.79 Å². The average molecular weight is 353 g/mol. The molecular weight excluding hydrogens is 334 g/mol. The number of carboxylic acid groups (broad SMARTS) is 1. The molecule has 0 aliphatic carbocycles. The van der Waals surface area contributed by atoms with E-state index in [9.17, 15) is 14.7 Å². The largest absolute Gasteiger partial charge is 0.480 e. The van der Waals surface area contributed by atoms with E-state index in [0.29, 0.717) is 17.8 Å². The minimum absolute atomic E-state index is 0.186. The van der Waals surface area contributed by atoms with Gasteiger partial charge in [0.25, 0.3) is 5.91 Å². The van der Waals surface area contributed by atoms with E-state index in [-0.39, 0.29) is 5.91 Å². The molecule has 1 N–H and O–H groups in total. The highest BCUT2D eigenvalue weighted by Crippen LogP contribution is 2.35. The first kappa shape index (κ1) is 16.2. The van der Waals surface area contributed by atoms with Gasteiger partial charge in [-0.25, -0.2) is 9.78 Å².